The molecule has 8 heteroatoms. The van der Waals surface area contributed by atoms with Crippen LogP contribution in [0.5, 0.6) is 0 Å². The average Bonchev–Trinajstić information content (AvgIpc) is 2.75. The average molecular weight is 321 g/mol. The number of hydrogen-bond donors (Lipinski definition) is 1. The van der Waals surface area contributed by atoms with Crippen LogP contribution in [0.1, 0.15) is 0 Å². The zero-order valence-electron chi connectivity index (χ0n) is 9.31. The van der Waals surface area contributed by atoms with Crippen molar-refractivity contribution >= 4 is 27.4 Å². The zero-order valence-corrected chi connectivity index (χ0v) is 10.9. The molecule has 18 heavy (non-hydrogen) atoms. The number of halogens is 3. The molecule has 0 saturated heterocycles. The lowest BCUT2D eigenvalue weighted by molar-refractivity contribution is 0.0215. The van der Waals surface area contributed by atoms with Gasteiger partial charge in [0.15, 0.2) is 11.5 Å². The maximum Gasteiger partial charge on any atom is 0.261 e. The molecular weight excluding hydrogens is 310 g/mol. The molecule has 0 aromatic carbocycles. The van der Waals surface area contributed by atoms with Crippen molar-refractivity contribution in [1.29, 1.82) is 0 Å². The van der Waals surface area contributed by atoms with E-state index in [4.69, 9.17) is 4.74 Å². The van der Waals surface area contributed by atoms with Gasteiger partial charge in [0.1, 0.15) is 11.2 Å². The molecule has 2 aromatic heterocycles. The molecule has 0 fully saturated rings. The van der Waals surface area contributed by atoms with Gasteiger partial charge in [-0.25, -0.2) is 18.7 Å². The Balaban J connectivity index is 1.93. The van der Waals surface area contributed by atoms with Gasteiger partial charge in [-0.15, -0.1) is 0 Å². The third kappa shape index (κ3) is 3.36. The van der Waals surface area contributed by atoms with E-state index in [0.29, 0.717) is 22.6 Å². The van der Waals surface area contributed by atoms with Crippen molar-refractivity contribution in [3.8, 4) is 0 Å². The maximum absolute atomic E-state index is 11.8. The van der Waals surface area contributed by atoms with Crippen LogP contribution in [-0.2, 0) is 4.74 Å². The molecule has 1 N–H and O–H groups in total. The van der Waals surface area contributed by atoms with E-state index >= 15 is 0 Å². The van der Waals surface area contributed by atoms with Crippen molar-refractivity contribution < 1.29 is 13.5 Å². The second-order valence-corrected chi connectivity index (χ2v) is 4.28. The van der Waals surface area contributed by atoms with E-state index in [1.807, 2.05) is 0 Å². The summed E-state index contributed by atoms with van der Waals surface area (Å²) in [6, 6.07) is 0. The number of alkyl halides is 2. The molecule has 0 aliphatic carbocycles. The number of fused-ring (bicyclic) bond motifs is 1. The highest BCUT2D eigenvalue weighted by molar-refractivity contribution is 9.10. The molecule has 0 unspecified atom stereocenters. The maximum atomic E-state index is 11.8. The van der Waals surface area contributed by atoms with Gasteiger partial charge in [-0.2, -0.15) is 0 Å². The number of anilines is 1. The highest BCUT2D eigenvalue weighted by atomic mass is 79.9. The van der Waals surface area contributed by atoms with Crippen LogP contribution in [0.15, 0.2) is 23.2 Å². The molecule has 0 aliphatic rings. The number of nitrogens with zero attached hydrogens (tertiary/aromatic N) is 3. The third-order valence-electron chi connectivity index (χ3n) is 2.13. The predicted molar refractivity (Wildman–Crippen MR) is 66.0 cm³/mol. The summed E-state index contributed by atoms with van der Waals surface area (Å²) < 4.78 is 30.9. The molecule has 2 heterocycles. The Kier molecular flexibility index (Phi) is 4.43. The minimum Gasteiger partial charge on any atom is -0.374 e. The standard InChI is InChI=1S/C10H11BrF2N4O/c11-7-5-17-3-1-15-10(17)9(16-7)14-2-4-18-6-8(12)13/h1,3,5,8H,2,4,6H2,(H,14,16). The fraction of sp³-hybridized carbons (Fsp3) is 0.400. The van der Waals surface area contributed by atoms with Gasteiger partial charge in [0.05, 0.1) is 6.61 Å². The second-order valence-electron chi connectivity index (χ2n) is 3.46. The van der Waals surface area contributed by atoms with Gasteiger partial charge in [0, 0.05) is 25.1 Å². The van der Waals surface area contributed by atoms with E-state index in [2.05, 4.69) is 31.2 Å². The monoisotopic (exact) mass is 320 g/mol. The van der Waals surface area contributed by atoms with Crippen LogP contribution < -0.4 is 5.32 Å². The molecule has 0 radical (unpaired) electrons. The molecule has 0 atom stereocenters. The summed E-state index contributed by atoms with van der Waals surface area (Å²) in [4.78, 5) is 8.37. The number of aromatic nitrogens is 3. The molecule has 0 amide bonds. The summed E-state index contributed by atoms with van der Waals surface area (Å²) in [5.41, 5.74) is 0.673. The summed E-state index contributed by atoms with van der Waals surface area (Å²) in [6.07, 6.45) is 2.79. The molecule has 2 aromatic rings. The van der Waals surface area contributed by atoms with E-state index in [-0.39, 0.29) is 6.61 Å². The first-order chi connectivity index (χ1) is 8.66. The number of ether oxygens (including phenoxy) is 1. The lowest BCUT2D eigenvalue weighted by atomic mass is 10.5. The largest absolute Gasteiger partial charge is 0.374 e. The van der Waals surface area contributed by atoms with Crippen LogP contribution in [0.2, 0.25) is 0 Å². The fourth-order valence-corrected chi connectivity index (χ4v) is 1.83. The minimum atomic E-state index is -2.44. The third-order valence-corrected chi connectivity index (χ3v) is 2.51. The molecule has 2 rings (SSSR count). The summed E-state index contributed by atoms with van der Waals surface area (Å²) in [5, 5.41) is 2.99. The summed E-state index contributed by atoms with van der Waals surface area (Å²) in [6.45, 7) is 0.0243. The first-order valence-corrected chi connectivity index (χ1v) is 6.05. The summed E-state index contributed by atoms with van der Waals surface area (Å²) >= 11 is 3.28. The van der Waals surface area contributed by atoms with Crippen molar-refractivity contribution in [3.05, 3.63) is 23.2 Å². The van der Waals surface area contributed by atoms with Crippen molar-refractivity contribution in [2.45, 2.75) is 6.43 Å². The SMILES string of the molecule is FC(F)COCCNc1nc(Br)cn2ccnc12. The highest BCUT2D eigenvalue weighted by Gasteiger charge is 2.06. The first kappa shape index (κ1) is 13.2. The van der Waals surface area contributed by atoms with Gasteiger partial charge in [-0.05, 0) is 15.9 Å². The number of rotatable bonds is 6. The normalized spacial score (nSPS) is 11.3. The minimum absolute atomic E-state index is 0.186. The first-order valence-electron chi connectivity index (χ1n) is 5.26. The van der Waals surface area contributed by atoms with Crippen molar-refractivity contribution in [2.24, 2.45) is 0 Å². The van der Waals surface area contributed by atoms with E-state index in [9.17, 15) is 8.78 Å². The number of hydrogen-bond acceptors (Lipinski definition) is 4. The second kappa shape index (κ2) is 6.05. The van der Waals surface area contributed by atoms with Gasteiger partial charge in [-0.3, -0.25) is 0 Å². The Morgan fingerprint density at radius 2 is 2.33 bits per heavy atom. The lowest BCUT2D eigenvalue weighted by Crippen LogP contribution is -2.14. The van der Waals surface area contributed by atoms with Gasteiger partial charge in [0.25, 0.3) is 6.43 Å². The summed E-state index contributed by atoms with van der Waals surface area (Å²) in [5.74, 6) is 0.579. The number of imidazole rings is 1. The van der Waals surface area contributed by atoms with E-state index in [1.54, 1.807) is 23.0 Å². The molecule has 0 saturated carbocycles. The van der Waals surface area contributed by atoms with Crippen molar-refractivity contribution in [3.63, 3.8) is 0 Å². The Morgan fingerprint density at radius 1 is 1.50 bits per heavy atom. The molecule has 0 spiro atoms. The van der Waals surface area contributed by atoms with Crippen molar-refractivity contribution in [1.82, 2.24) is 14.4 Å². The van der Waals surface area contributed by atoms with Crippen LogP contribution in [-0.4, -0.2) is 40.6 Å². The highest BCUT2D eigenvalue weighted by Crippen LogP contribution is 2.16. The molecule has 98 valence electrons. The van der Waals surface area contributed by atoms with Crippen LogP contribution in [0, 0.1) is 0 Å². The molecule has 0 bridgehead atoms. The number of nitrogens with one attached hydrogen (secondary N) is 1. The topological polar surface area (TPSA) is 51.5 Å². The van der Waals surface area contributed by atoms with Gasteiger partial charge in [-0.1, -0.05) is 0 Å². The van der Waals surface area contributed by atoms with Crippen molar-refractivity contribution in [2.75, 3.05) is 25.1 Å². The smallest absolute Gasteiger partial charge is 0.261 e. The van der Waals surface area contributed by atoms with E-state index in [1.165, 1.54) is 0 Å². The Bertz CT molecular complexity index is 520. The molecule has 0 aliphatic heterocycles. The lowest BCUT2D eigenvalue weighted by Gasteiger charge is -2.08. The van der Waals surface area contributed by atoms with E-state index < -0.39 is 13.0 Å². The molecule has 5 nitrogen and oxygen atoms in total. The Labute approximate surface area is 110 Å². The Hall–Kier alpha value is -1.28. The molecular formula is C10H11BrF2N4O. The van der Waals surface area contributed by atoms with Crippen LogP contribution in [0.4, 0.5) is 14.6 Å². The summed E-state index contributed by atoms with van der Waals surface area (Å²) in [7, 11) is 0. The van der Waals surface area contributed by atoms with Gasteiger partial charge >= 0.3 is 0 Å². The van der Waals surface area contributed by atoms with Gasteiger partial charge < -0.3 is 14.5 Å². The predicted octanol–water partition coefficient (Wildman–Crippen LogP) is 2.19. The van der Waals surface area contributed by atoms with Gasteiger partial charge in [0.2, 0.25) is 0 Å². The quantitative estimate of drug-likeness (QED) is 0.829. The van der Waals surface area contributed by atoms with Crippen LogP contribution >= 0.6 is 15.9 Å². The van der Waals surface area contributed by atoms with E-state index in [0.717, 1.165) is 0 Å². The Morgan fingerprint density at radius 3 is 3.11 bits per heavy atom. The van der Waals surface area contributed by atoms with Crippen LogP contribution in [0.3, 0.4) is 0 Å². The fourth-order valence-electron chi connectivity index (χ4n) is 1.43. The zero-order chi connectivity index (χ0) is 13.0. The van der Waals surface area contributed by atoms with Crippen LogP contribution in [0.25, 0.3) is 5.65 Å².